The van der Waals surface area contributed by atoms with E-state index < -0.39 is 0 Å². The number of hydrogen-bond donors (Lipinski definition) is 1. The number of nitrogens with one attached hydrogen (secondary N) is 1. The first kappa shape index (κ1) is 13.4. The SMILES string of the molecule is CC(C)C(CN(C)C)Nc1ncncc1Br. The third-order valence-corrected chi connectivity index (χ3v) is 2.94. The van der Waals surface area contributed by atoms with Crippen LogP contribution in [-0.4, -0.2) is 41.5 Å². The van der Waals surface area contributed by atoms with Crippen LogP contribution in [0.5, 0.6) is 0 Å². The molecule has 1 N–H and O–H groups in total. The summed E-state index contributed by atoms with van der Waals surface area (Å²) >= 11 is 3.44. The Kier molecular flexibility index (Phi) is 5.15. The van der Waals surface area contributed by atoms with Gasteiger partial charge in [-0.2, -0.15) is 0 Å². The molecule has 1 rings (SSSR count). The van der Waals surface area contributed by atoms with Gasteiger partial charge >= 0.3 is 0 Å². The Balaban J connectivity index is 2.72. The van der Waals surface area contributed by atoms with Crippen LogP contribution < -0.4 is 5.32 Å². The molecule has 0 aliphatic carbocycles. The summed E-state index contributed by atoms with van der Waals surface area (Å²) in [5.41, 5.74) is 0. The maximum Gasteiger partial charge on any atom is 0.144 e. The maximum atomic E-state index is 4.22. The van der Waals surface area contributed by atoms with Crippen molar-refractivity contribution < 1.29 is 0 Å². The average molecular weight is 287 g/mol. The van der Waals surface area contributed by atoms with Gasteiger partial charge in [-0.15, -0.1) is 0 Å². The van der Waals surface area contributed by atoms with Gasteiger partial charge in [0.1, 0.15) is 12.1 Å². The highest BCUT2D eigenvalue weighted by atomic mass is 79.9. The molecular formula is C11H19BrN4. The van der Waals surface area contributed by atoms with E-state index in [0.717, 1.165) is 16.8 Å². The van der Waals surface area contributed by atoms with Crippen LogP contribution in [-0.2, 0) is 0 Å². The number of hydrogen-bond acceptors (Lipinski definition) is 4. The highest BCUT2D eigenvalue weighted by Gasteiger charge is 2.15. The minimum atomic E-state index is 0.376. The molecule has 1 aromatic rings. The van der Waals surface area contributed by atoms with Crippen LogP contribution in [0.1, 0.15) is 13.8 Å². The Morgan fingerprint density at radius 2 is 2.12 bits per heavy atom. The van der Waals surface area contributed by atoms with Crippen LogP contribution in [0.2, 0.25) is 0 Å². The molecule has 90 valence electrons. The van der Waals surface area contributed by atoms with E-state index in [4.69, 9.17) is 0 Å². The summed E-state index contributed by atoms with van der Waals surface area (Å²) in [5.74, 6) is 1.40. The second-order valence-corrected chi connectivity index (χ2v) is 5.33. The van der Waals surface area contributed by atoms with Gasteiger partial charge in [-0.3, -0.25) is 0 Å². The summed E-state index contributed by atoms with van der Waals surface area (Å²) in [7, 11) is 4.15. The molecule has 0 radical (unpaired) electrons. The Morgan fingerprint density at radius 3 is 2.62 bits per heavy atom. The van der Waals surface area contributed by atoms with Gasteiger partial charge in [0.15, 0.2) is 0 Å². The number of aromatic nitrogens is 2. The van der Waals surface area contributed by atoms with Gasteiger partial charge in [-0.25, -0.2) is 9.97 Å². The molecule has 0 fully saturated rings. The first-order chi connectivity index (χ1) is 7.50. The van der Waals surface area contributed by atoms with Gasteiger partial charge in [0.25, 0.3) is 0 Å². The van der Waals surface area contributed by atoms with E-state index in [1.54, 1.807) is 12.5 Å². The Hall–Kier alpha value is -0.680. The minimum absolute atomic E-state index is 0.376. The van der Waals surface area contributed by atoms with E-state index in [0.29, 0.717) is 12.0 Å². The topological polar surface area (TPSA) is 41.0 Å². The predicted octanol–water partition coefficient (Wildman–Crippen LogP) is 2.24. The first-order valence-electron chi connectivity index (χ1n) is 5.37. The lowest BCUT2D eigenvalue weighted by molar-refractivity contribution is 0.344. The second kappa shape index (κ2) is 6.15. The Bertz CT molecular complexity index is 328. The van der Waals surface area contributed by atoms with Crippen molar-refractivity contribution in [2.45, 2.75) is 19.9 Å². The molecule has 1 unspecified atom stereocenters. The summed E-state index contributed by atoms with van der Waals surface area (Å²) in [5, 5.41) is 3.44. The molecule has 4 nitrogen and oxygen atoms in total. The van der Waals surface area contributed by atoms with Crippen molar-refractivity contribution in [3.63, 3.8) is 0 Å². The molecule has 1 atom stereocenters. The zero-order chi connectivity index (χ0) is 12.1. The van der Waals surface area contributed by atoms with Gasteiger partial charge in [-0.05, 0) is 35.9 Å². The monoisotopic (exact) mass is 286 g/mol. The van der Waals surface area contributed by atoms with Crippen LogP contribution in [0, 0.1) is 5.92 Å². The van der Waals surface area contributed by atoms with Crippen molar-refractivity contribution in [3.05, 3.63) is 17.0 Å². The number of halogens is 1. The van der Waals surface area contributed by atoms with Crippen molar-refractivity contribution in [2.75, 3.05) is 26.0 Å². The third-order valence-electron chi connectivity index (χ3n) is 2.36. The predicted molar refractivity (Wildman–Crippen MR) is 70.5 cm³/mol. The molecule has 5 heteroatoms. The number of anilines is 1. The van der Waals surface area contributed by atoms with Crippen molar-refractivity contribution in [3.8, 4) is 0 Å². The highest BCUT2D eigenvalue weighted by molar-refractivity contribution is 9.10. The van der Waals surface area contributed by atoms with Gasteiger partial charge < -0.3 is 10.2 Å². The fraction of sp³-hybridized carbons (Fsp3) is 0.636. The summed E-state index contributed by atoms with van der Waals surface area (Å²) in [6.45, 7) is 5.39. The average Bonchev–Trinajstić information content (AvgIpc) is 2.19. The summed E-state index contributed by atoms with van der Waals surface area (Å²) in [6, 6.07) is 0.376. The normalized spacial score (nSPS) is 13.2. The third kappa shape index (κ3) is 4.06. The molecule has 0 saturated heterocycles. The van der Waals surface area contributed by atoms with Crippen LogP contribution in [0.25, 0.3) is 0 Å². The highest BCUT2D eigenvalue weighted by Crippen LogP contribution is 2.19. The van der Waals surface area contributed by atoms with Crippen LogP contribution in [0.3, 0.4) is 0 Å². The molecule has 0 aromatic carbocycles. The summed E-state index contributed by atoms with van der Waals surface area (Å²) in [6.07, 6.45) is 3.31. The maximum absolute atomic E-state index is 4.22. The van der Waals surface area contributed by atoms with Crippen molar-refractivity contribution >= 4 is 21.7 Å². The molecular weight excluding hydrogens is 268 g/mol. The fourth-order valence-corrected chi connectivity index (χ4v) is 1.75. The lowest BCUT2D eigenvalue weighted by Gasteiger charge is -2.26. The van der Waals surface area contributed by atoms with Gasteiger partial charge in [0.05, 0.1) is 4.47 Å². The van der Waals surface area contributed by atoms with E-state index in [2.05, 4.69) is 64.1 Å². The summed E-state index contributed by atoms with van der Waals surface area (Å²) < 4.78 is 0.902. The summed E-state index contributed by atoms with van der Waals surface area (Å²) in [4.78, 5) is 10.3. The fourth-order valence-electron chi connectivity index (χ4n) is 1.41. The Labute approximate surface area is 106 Å². The first-order valence-corrected chi connectivity index (χ1v) is 6.16. The smallest absolute Gasteiger partial charge is 0.144 e. The Morgan fingerprint density at radius 1 is 1.44 bits per heavy atom. The quantitative estimate of drug-likeness (QED) is 0.901. The number of nitrogens with zero attached hydrogens (tertiary/aromatic N) is 3. The molecule has 0 aliphatic rings. The van der Waals surface area contributed by atoms with Gasteiger partial charge in [0.2, 0.25) is 0 Å². The lowest BCUT2D eigenvalue weighted by atomic mass is 10.0. The van der Waals surface area contributed by atoms with E-state index in [1.807, 2.05) is 0 Å². The molecule has 0 aliphatic heterocycles. The molecule has 0 amide bonds. The van der Waals surface area contributed by atoms with E-state index >= 15 is 0 Å². The molecule has 1 heterocycles. The number of likely N-dealkylation sites (N-methyl/N-ethyl adjacent to an activating group) is 1. The molecule has 1 aromatic heterocycles. The van der Waals surface area contributed by atoms with E-state index in [-0.39, 0.29) is 0 Å². The largest absolute Gasteiger partial charge is 0.365 e. The lowest BCUT2D eigenvalue weighted by Crippen LogP contribution is -2.36. The van der Waals surface area contributed by atoms with Gasteiger partial charge in [0, 0.05) is 18.8 Å². The van der Waals surface area contributed by atoms with Crippen LogP contribution in [0.4, 0.5) is 5.82 Å². The molecule has 0 saturated carbocycles. The van der Waals surface area contributed by atoms with Gasteiger partial charge in [-0.1, -0.05) is 13.8 Å². The zero-order valence-corrected chi connectivity index (χ0v) is 11.8. The second-order valence-electron chi connectivity index (χ2n) is 4.48. The van der Waals surface area contributed by atoms with E-state index in [1.165, 1.54) is 0 Å². The number of rotatable bonds is 5. The minimum Gasteiger partial charge on any atom is -0.365 e. The van der Waals surface area contributed by atoms with Crippen molar-refractivity contribution in [2.24, 2.45) is 5.92 Å². The molecule has 0 spiro atoms. The molecule has 16 heavy (non-hydrogen) atoms. The van der Waals surface area contributed by atoms with Crippen LogP contribution in [0.15, 0.2) is 17.0 Å². The standard InChI is InChI=1S/C11H19BrN4/c1-8(2)10(6-16(3)4)15-11-9(12)5-13-7-14-11/h5,7-8,10H,6H2,1-4H3,(H,13,14,15). The zero-order valence-electron chi connectivity index (χ0n) is 10.2. The van der Waals surface area contributed by atoms with Crippen LogP contribution >= 0.6 is 15.9 Å². The molecule has 0 bridgehead atoms. The van der Waals surface area contributed by atoms with E-state index in [9.17, 15) is 0 Å². The van der Waals surface area contributed by atoms with Crippen molar-refractivity contribution in [1.82, 2.24) is 14.9 Å². The van der Waals surface area contributed by atoms with Crippen molar-refractivity contribution in [1.29, 1.82) is 0 Å².